The fourth-order valence-electron chi connectivity index (χ4n) is 1.13. The van der Waals surface area contributed by atoms with Gasteiger partial charge in [0.25, 0.3) is 0 Å². The summed E-state index contributed by atoms with van der Waals surface area (Å²) in [6.07, 6.45) is 1.60. The molecule has 0 radical (unpaired) electrons. The van der Waals surface area contributed by atoms with Crippen molar-refractivity contribution in [3.63, 3.8) is 0 Å². The molecule has 1 heterocycles. The van der Waals surface area contributed by atoms with Gasteiger partial charge in [-0.05, 0) is 36.4 Å². The molecule has 0 fully saturated rings. The molecule has 0 saturated carbocycles. The van der Waals surface area contributed by atoms with Crippen LogP contribution in [0.15, 0.2) is 42.6 Å². The van der Waals surface area contributed by atoms with Gasteiger partial charge in [-0.25, -0.2) is 4.98 Å². The van der Waals surface area contributed by atoms with Crippen molar-refractivity contribution in [2.75, 3.05) is 5.32 Å². The van der Waals surface area contributed by atoms with E-state index in [4.69, 9.17) is 23.2 Å². The molecule has 0 spiro atoms. The van der Waals surface area contributed by atoms with Crippen molar-refractivity contribution in [1.82, 2.24) is 4.98 Å². The molecule has 1 aromatic heterocycles. The van der Waals surface area contributed by atoms with Gasteiger partial charge in [-0.15, -0.1) is 0 Å². The molecule has 2 nitrogen and oxygen atoms in total. The van der Waals surface area contributed by atoms with Crippen LogP contribution in [-0.2, 0) is 0 Å². The zero-order valence-electron chi connectivity index (χ0n) is 7.74. The first-order valence-electron chi connectivity index (χ1n) is 4.38. The molecule has 0 aliphatic rings. The van der Waals surface area contributed by atoms with E-state index in [1.165, 1.54) is 0 Å². The Kier molecular flexibility index (Phi) is 3.09. The fraction of sp³-hybridized carbons (Fsp3) is 0. The number of anilines is 2. The van der Waals surface area contributed by atoms with Crippen LogP contribution in [0.5, 0.6) is 0 Å². The Labute approximate surface area is 97.9 Å². The standard InChI is InChI=1S/C11H8Cl2N2/c12-8-1-4-10(5-2-8)15-11-6-3-9(13)7-14-11/h1-7H,(H,14,15). The Morgan fingerprint density at radius 2 is 1.53 bits per heavy atom. The minimum Gasteiger partial charge on any atom is -0.340 e. The van der Waals surface area contributed by atoms with Crippen molar-refractivity contribution < 1.29 is 0 Å². The zero-order valence-corrected chi connectivity index (χ0v) is 9.26. The van der Waals surface area contributed by atoms with Crippen LogP contribution in [0.4, 0.5) is 11.5 Å². The van der Waals surface area contributed by atoms with Crippen LogP contribution in [0.3, 0.4) is 0 Å². The van der Waals surface area contributed by atoms with E-state index in [0.717, 1.165) is 11.5 Å². The molecule has 15 heavy (non-hydrogen) atoms. The number of nitrogens with one attached hydrogen (secondary N) is 1. The number of halogens is 2. The minimum absolute atomic E-state index is 0.622. The molecule has 0 atom stereocenters. The van der Waals surface area contributed by atoms with Crippen LogP contribution < -0.4 is 5.32 Å². The summed E-state index contributed by atoms with van der Waals surface area (Å²) >= 11 is 11.5. The first-order chi connectivity index (χ1) is 7.24. The van der Waals surface area contributed by atoms with E-state index in [1.807, 2.05) is 30.3 Å². The summed E-state index contributed by atoms with van der Waals surface area (Å²) in [5.74, 6) is 0.752. The molecule has 0 amide bonds. The summed E-state index contributed by atoms with van der Waals surface area (Å²) in [7, 11) is 0. The second-order valence-corrected chi connectivity index (χ2v) is 3.87. The molecule has 2 rings (SSSR count). The molecule has 2 aromatic rings. The lowest BCUT2D eigenvalue weighted by atomic mass is 10.3. The second-order valence-electron chi connectivity index (χ2n) is 2.99. The number of rotatable bonds is 2. The highest BCUT2D eigenvalue weighted by molar-refractivity contribution is 6.30. The summed E-state index contributed by atoms with van der Waals surface area (Å²) in [6, 6.07) is 11.0. The summed E-state index contributed by atoms with van der Waals surface area (Å²) in [6.45, 7) is 0. The van der Waals surface area contributed by atoms with Gasteiger partial charge in [0.15, 0.2) is 0 Å². The predicted octanol–water partition coefficient (Wildman–Crippen LogP) is 4.13. The average molecular weight is 239 g/mol. The number of hydrogen-bond donors (Lipinski definition) is 1. The second kappa shape index (κ2) is 4.51. The lowest BCUT2D eigenvalue weighted by molar-refractivity contribution is 1.31. The number of nitrogens with zero attached hydrogens (tertiary/aromatic N) is 1. The Hall–Kier alpha value is -1.25. The first-order valence-corrected chi connectivity index (χ1v) is 5.14. The van der Waals surface area contributed by atoms with Gasteiger partial charge >= 0.3 is 0 Å². The van der Waals surface area contributed by atoms with E-state index in [0.29, 0.717) is 10.0 Å². The van der Waals surface area contributed by atoms with Crippen molar-refractivity contribution in [3.05, 3.63) is 52.6 Å². The highest BCUT2D eigenvalue weighted by atomic mass is 35.5. The van der Waals surface area contributed by atoms with Crippen LogP contribution in [0, 0.1) is 0 Å². The molecule has 76 valence electrons. The molecule has 0 aliphatic heterocycles. The molecule has 0 saturated heterocycles. The summed E-state index contributed by atoms with van der Waals surface area (Å²) in [5, 5.41) is 4.46. The Balaban J connectivity index is 2.15. The maximum atomic E-state index is 5.77. The molecular weight excluding hydrogens is 231 g/mol. The molecular formula is C11H8Cl2N2. The fourth-order valence-corrected chi connectivity index (χ4v) is 1.37. The predicted molar refractivity (Wildman–Crippen MR) is 64.0 cm³/mol. The molecule has 0 bridgehead atoms. The van der Waals surface area contributed by atoms with E-state index < -0.39 is 0 Å². The third-order valence-corrected chi connectivity index (χ3v) is 2.32. The van der Waals surface area contributed by atoms with Crippen molar-refractivity contribution in [2.45, 2.75) is 0 Å². The van der Waals surface area contributed by atoms with Crippen LogP contribution in [0.25, 0.3) is 0 Å². The SMILES string of the molecule is Clc1ccc(Nc2ccc(Cl)cn2)cc1. The monoisotopic (exact) mass is 238 g/mol. The van der Waals surface area contributed by atoms with E-state index in [9.17, 15) is 0 Å². The van der Waals surface area contributed by atoms with Crippen LogP contribution in [-0.4, -0.2) is 4.98 Å². The van der Waals surface area contributed by atoms with Gasteiger partial charge in [-0.3, -0.25) is 0 Å². The lowest BCUT2D eigenvalue weighted by Gasteiger charge is -2.04. The molecule has 1 aromatic carbocycles. The number of benzene rings is 1. The summed E-state index contributed by atoms with van der Waals surface area (Å²) in [5.41, 5.74) is 0.939. The highest BCUT2D eigenvalue weighted by Gasteiger charge is 1.95. The first kappa shape index (κ1) is 10.3. The van der Waals surface area contributed by atoms with E-state index in [-0.39, 0.29) is 0 Å². The van der Waals surface area contributed by atoms with Gasteiger partial charge in [0, 0.05) is 16.9 Å². The topological polar surface area (TPSA) is 24.9 Å². The van der Waals surface area contributed by atoms with E-state index >= 15 is 0 Å². The highest BCUT2D eigenvalue weighted by Crippen LogP contribution is 2.18. The normalized spacial score (nSPS) is 10.0. The van der Waals surface area contributed by atoms with Gasteiger partial charge in [0.05, 0.1) is 5.02 Å². The van der Waals surface area contributed by atoms with E-state index in [2.05, 4.69) is 10.3 Å². The number of hydrogen-bond acceptors (Lipinski definition) is 2. The molecule has 0 aliphatic carbocycles. The molecule has 1 N–H and O–H groups in total. The quantitative estimate of drug-likeness (QED) is 0.852. The third-order valence-electron chi connectivity index (χ3n) is 1.84. The number of aromatic nitrogens is 1. The van der Waals surface area contributed by atoms with Crippen molar-refractivity contribution in [2.24, 2.45) is 0 Å². The summed E-state index contributed by atoms with van der Waals surface area (Å²) < 4.78 is 0. The summed E-state index contributed by atoms with van der Waals surface area (Å²) in [4.78, 5) is 4.12. The maximum absolute atomic E-state index is 5.77. The van der Waals surface area contributed by atoms with Gasteiger partial charge in [-0.2, -0.15) is 0 Å². The van der Waals surface area contributed by atoms with Gasteiger partial charge in [-0.1, -0.05) is 23.2 Å². The smallest absolute Gasteiger partial charge is 0.130 e. The van der Waals surface area contributed by atoms with Crippen LogP contribution in [0.2, 0.25) is 10.0 Å². The van der Waals surface area contributed by atoms with Gasteiger partial charge in [0.1, 0.15) is 5.82 Å². The third kappa shape index (κ3) is 2.85. The lowest BCUT2D eigenvalue weighted by Crippen LogP contribution is -1.91. The van der Waals surface area contributed by atoms with Crippen LogP contribution in [0.1, 0.15) is 0 Å². The van der Waals surface area contributed by atoms with Gasteiger partial charge < -0.3 is 5.32 Å². The number of pyridine rings is 1. The maximum Gasteiger partial charge on any atom is 0.130 e. The van der Waals surface area contributed by atoms with Crippen molar-refractivity contribution >= 4 is 34.7 Å². The van der Waals surface area contributed by atoms with Crippen LogP contribution >= 0.6 is 23.2 Å². The Morgan fingerprint density at radius 3 is 2.13 bits per heavy atom. The molecule has 0 unspecified atom stereocenters. The average Bonchev–Trinajstić information content (AvgIpc) is 2.25. The van der Waals surface area contributed by atoms with E-state index in [1.54, 1.807) is 12.3 Å². The van der Waals surface area contributed by atoms with Crippen molar-refractivity contribution in [3.8, 4) is 0 Å². The minimum atomic E-state index is 0.622. The van der Waals surface area contributed by atoms with Crippen molar-refractivity contribution in [1.29, 1.82) is 0 Å². The largest absolute Gasteiger partial charge is 0.340 e. The van der Waals surface area contributed by atoms with Gasteiger partial charge in [0.2, 0.25) is 0 Å². The Bertz CT molecular complexity index is 394. The zero-order chi connectivity index (χ0) is 10.7. The Morgan fingerprint density at radius 1 is 0.867 bits per heavy atom. The molecule has 4 heteroatoms.